The Morgan fingerprint density at radius 2 is 1.68 bits per heavy atom. The minimum Gasteiger partial charge on any atom is -0.355 e. The number of hydrogen-bond donors (Lipinski definition) is 3. The Hall–Kier alpha value is -3.35. The zero-order valence-corrected chi connectivity index (χ0v) is 15.4. The maximum atomic E-state index is 12.5. The number of hydrogen-bond acceptors (Lipinski definition) is 3. The molecule has 2 fully saturated rings. The van der Waals surface area contributed by atoms with Crippen LogP contribution in [0.2, 0.25) is 0 Å². The lowest BCUT2D eigenvalue weighted by Crippen LogP contribution is -2.36. The predicted octanol–water partition coefficient (Wildman–Crippen LogP) is 2.68. The first-order valence-electron chi connectivity index (χ1n) is 9.32. The van der Waals surface area contributed by atoms with Crippen molar-refractivity contribution in [2.75, 3.05) is 30.3 Å². The van der Waals surface area contributed by atoms with Crippen LogP contribution >= 0.6 is 0 Å². The smallest absolute Gasteiger partial charge is 0.321 e. The van der Waals surface area contributed by atoms with Crippen molar-refractivity contribution in [3.8, 4) is 0 Å². The Kier molecular flexibility index (Phi) is 4.73. The minimum atomic E-state index is -0.205. The highest BCUT2D eigenvalue weighted by molar-refractivity contribution is 6.04. The van der Waals surface area contributed by atoms with E-state index < -0.39 is 0 Å². The van der Waals surface area contributed by atoms with Crippen LogP contribution in [0, 0.1) is 5.41 Å². The molecule has 7 heteroatoms. The van der Waals surface area contributed by atoms with Crippen molar-refractivity contribution in [2.24, 2.45) is 5.41 Å². The molecule has 2 aliphatic heterocycles. The molecular formula is C21H22N4O3. The summed E-state index contributed by atoms with van der Waals surface area (Å²) in [6.45, 7) is 1.86. The number of rotatable bonds is 3. The maximum absolute atomic E-state index is 12.5. The Bertz CT molecular complexity index is 898. The molecule has 0 bridgehead atoms. The lowest BCUT2D eigenvalue weighted by Gasteiger charge is -2.22. The third kappa shape index (κ3) is 3.83. The summed E-state index contributed by atoms with van der Waals surface area (Å²) in [6.07, 6.45) is 1.32. The van der Waals surface area contributed by atoms with Crippen LogP contribution in [0.1, 0.15) is 23.2 Å². The molecule has 4 amide bonds. The van der Waals surface area contributed by atoms with Gasteiger partial charge in [-0.3, -0.25) is 9.59 Å². The van der Waals surface area contributed by atoms with E-state index >= 15 is 0 Å². The summed E-state index contributed by atoms with van der Waals surface area (Å²) < 4.78 is 0. The quantitative estimate of drug-likeness (QED) is 0.767. The van der Waals surface area contributed by atoms with E-state index in [1.54, 1.807) is 29.2 Å². The fourth-order valence-electron chi connectivity index (χ4n) is 3.78. The van der Waals surface area contributed by atoms with Gasteiger partial charge in [0.1, 0.15) is 0 Å². The summed E-state index contributed by atoms with van der Waals surface area (Å²) in [5, 5.41) is 8.55. The number of benzene rings is 2. The van der Waals surface area contributed by atoms with Crippen molar-refractivity contribution in [1.29, 1.82) is 0 Å². The van der Waals surface area contributed by atoms with Gasteiger partial charge < -0.3 is 20.9 Å². The second-order valence-electron chi connectivity index (χ2n) is 7.45. The van der Waals surface area contributed by atoms with E-state index in [2.05, 4.69) is 16.0 Å². The second-order valence-corrected chi connectivity index (χ2v) is 7.45. The van der Waals surface area contributed by atoms with Gasteiger partial charge in [0.05, 0.1) is 0 Å². The molecule has 1 atom stereocenters. The van der Waals surface area contributed by atoms with Gasteiger partial charge in [-0.1, -0.05) is 18.2 Å². The highest BCUT2D eigenvalue weighted by atomic mass is 16.2. The Morgan fingerprint density at radius 1 is 0.964 bits per heavy atom. The summed E-state index contributed by atoms with van der Waals surface area (Å²) in [6, 6.07) is 15.8. The molecular weight excluding hydrogens is 356 g/mol. The molecule has 28 heavy (non-hydrogen) atoms. The zero-order valence-electron chi connectivity index (χ0n) is 15.4. The SMILES string of the molecule is O=C1CC2(CCN(C(=O)Nc3ccc(C(=O)Nc4ccccc4)cc3)C2)CN1. The normalized spacial score (nSPS) is 20.9. The number of likely N-dealkylation sites (tertiary alicyclic amines) is 1. The van der Waals surface area contributed by atoms with Gasteiger partial charge in [-0.25, -0.2) is 4.79 Å². The molecule has 2 heterocycles. The molecule has 0 saturated carbocycles. The molecule has 7 nitrogen and oxygen atoms in total. The Morgan fingerprint density at radius 3 is 2.36 bits per heavy atom. The highest BCUT2D eigenvalue weighted by Crippen LogP contribution is 2.36. The third-order valence-corrected chi connectivity index (χ3v) is 5.35. The van der Waals surface area contributed by atoms with E-state index in [0.29, 0.717) is 37.3 Å². The summed E-state index contributed by atoms with van der Waals surface area (Å²) in [5.74, 6) is -0.143. The third-order valence-electron chi connectivity index (χ3n) is 5.35. The van der Waals surface area contributed by atoms with Crippen molar-refractivity contribution >= 4 is 29.2 Å². The van der Waals surface area contributed by atoms with Crippen LogP contribution < -0.4 is 16.0 Å². The van der Waals surface area contributed by atoms with Crippen LogP contribution in [0.15, 0.2) is 54.6 Å². The van der Waals surface area contributed by atoms with Gasteiger partial charge in [-0.15, -0.1) is 0 Å². The summed E-state index contributed by atoms with van der Waals surface area (Å²) in [4.78, 5) is 38.1. The largest absolute Gasteiger partial charge is 0.355 e. The first-order chi connectivity index (χ1) is 13.5. The van der Waals surface area contributed by atoms with E-state index in [0.717, 1.165) is 12.1 Å². The van der Waals surface area contributed by atoms with Crippen molar-refractivity contribution in [3.05, 3.63) is 60.2 Å². The van der Waals surface area contributed by atoms with E-state index in [-0.39, 0.29) is 23.3 Å². The van der Waals surface area contributed by atoms with Crippen molar-refractivity contribution in [1.82, 2.24) is 10.2 Å². The lowest BCUT2D eigenvalue weighted by atomic mass is 9.86. The summed E-state index contributed by atoms with van der Waals surface area (Å²) in [7, 11) is 0. The molecule has 0 aliphatic carbocycles. The number of amides is 4. The molecule has 2 saturated heterocycles. The Labute approximate surface area is 163 Å². The molecule has 1 unspecified atom stereocenters. The number of nitrogens with one attached hydrogen (secondary N) is 3. The fraction of sp³-hybridized carbons (Fsp3) is 0.286. The summed E-state index contributed by atoms with van der Waals surface area (Å²) in [5.41, 5.74) is 1.75. The molecule has 0 aromatic heterocycles. The molecule has 2 aromatic rings. The van der Waals surface area contributed by atoms with E-state index in [1.165, 1.54) is 0 Å². The zero-order chi connectivity index (χ0) is 19.6. The van der Waals surface area contributed by atoms with Crippen LogP contribution in [0.5, 0.6) is 0 Å². The van der Waals surface area contributed by atoms with Crippen LogP contribution in [0.3, 0.4) is 0 Å². The highest BCUT2D eigenvalue weighted by Gasteiger charge is 2.45. The molecule has 1 spiro atoms. The second kappa shape index (κ2) is 7.34. The molecule has 2 aromatic carbocycles. The number of nitrogens with zero attached hydrogens (tertiary/aromatic N) is 1. The van der Waals surface area contributed by atoms with Crippen LogP contribution in [0.4, 0.5) is 16.2 Å². The van der Waals surface area contributed by atoms with Gasteiger partial charge in [0.15, 0.2) is 0 Å². The van der Waals surface area contributed by atoms with Gasteiger partial charge in [0, 0.05) is 48.4 Å². The summed E-state index contributed by atoms with van der Waals surface area (Å²) >= 11 is 0. The molecule has 3 N–H and O–H groups in total. The van der Waals surface area contributed by atoms with E-state index in [4.69, 9.17) is 0 Å². The average molecular weight is 378 g/mol. The maximum Gasteiger partial charge on any atom is 0.321 e. The predicted molar refractivity (Wildman–Crippen MR) is 106 cm³/mol. The standard InChI is InChI=1S/C21H22N4O3/c26-18-12-21(13-22-18)10-11-25(14-21)20(28)24-17-8-6-15(7-9-17)19(27)23-16-4-2-1-3-5-16/h1-9H,10-14H2,(H,22,26)(H,23,27)(H,24,28). The van der Waals surface area contributed by atoms with Crippen LogP contribution in [-0.2, 0) is 4.79 Å². The van der Waals surface area contributed by atoms with Crippen LogP contribution in [0.25, 0.3) is 0 Å². The topological polar surface area (TPSA) is 90.5 Å². The Balaban J connectivity index is 1.34. The number of carbonyl (C=O) groups is 3. The van der Waals surface area contributed by atoms with Crippen LogP contribution in [-0.4, -0.2) is 42.4 Å². The monoisotopic (exact) mass is 378 g/mol. The van der Waals surface area contributed by atoms with Gasteiger partial charge in [-0.05, 0) is 42.8 Å². The number of carbonyl (C=O) groups excluding carboxylic acids is 3. The molecule has 144 valence electrons. The molecule has 2 aliphatic rings. The molecule has 4 rings (SSSR count). The number of urea groups is 1. The van der Waals surface area contributed by atoms with Gasteiger partial charge in [0.25, 0.3) is 5.91 Å². The van der Waals surface area contributed by atoms with Crippen molar-refractivity contribution in [3.63, 3.8) is 0 Å². The van der Waals surface area contributed by atoms with E-state index in [9.17, 15) is 14.4 Å². The number of para-hydroxylation sites is 1. The first-order valence-corrected chi connectivity index (χ1v) is 9.32. The lowest BCUT2D eigenvalue weighted by molar-refractivity contribution is -0.119. The average Bonchev–Trinajstić information content (AvgIpc) is 3.29. The fourth-order valence-corrected chi connectivity index (χ4v) is 3.78. The van der Waals surface area contributed by atoms with Gasteiger partial charge in [-0.2, -0.15) is 0 Å². The minimum absolute atomic E-state index is 0.0617. The van der Waals surface area contributed by atoms with Gasteiger partial charge >= 0.3 is 6.03 Å². The van der Waals surface area contributed by atoms with Crippen molar-refractivity contribution in [2.45, 2.75) is 12.8 Å². The van der Waals surface area contributed by atoms with E-state index in [1.807, 2.05) is 30.3 Å². The first kappa shape index (κ1) is 18.0. The van der Waals surface area contributed by atoms with Gasteiger partial charge in [0.2, 0.25) is 5.91 Å². The number of anilines is 2. The molecule has 0 radical (unpaired) electrons. The van der Waals surface area contributed by atoms with Crippen molar-refractivity contribution < 1.29 is 14.4 Å².